The Morgan fingerprint density at radius 3 is 2.53 bits per heavy atom. The van der Waals surface area contributed by atoms with Crippen LogP contribution in [0.3, 0.4) is 0 Å². The smallest absolute Gasteiger partial charge is 0.338 e. The van der Waals surface area contributed by atoms with Crippen molar-refractivity contribution >= 4 is 11.9 Å². The first kappa shape index (κ1) is 14.7. The van der Waals surface area contributed by atoms with Crippen LogP contribution in [-0.4, -0.2) is 25.2 Å². The standard InChI is InChI=1S/C14H15NO4/c1-3-18-13(16)11-7-5-6-10(8-11)12(9-15)14(17)19-4-2/h5-8,12H,3-4H2,1-2H3. The number of ether oxygens (including phenoxy) is 2. The fourth-order valence-electron chi connectivity index (χ4n) is 1.55. The van der Waals surface area contributed by atoms with Crippen molar-refractivity contribution in [1.82, 2.24) is 0 Å². The second-order valence-electron chi connectivity index (χ2n) is 3.66. The Labute approximate surface area is 111 Å². The minimum absolute atomic E-state index is 0.203. The highest BCUT2D eigenvalue weighted by Crippen LogP contribution is 2.18. The van der Waals surface area contributed by atoms with E-state index in [2.05, 4.69) is 0 Å². The lowest BCUT2D eigenvalue weighted by molar-refractivity contribution is -0.143. The van der Waals surface area contributed by atoms with Gasteiger partial charge in [-0.1, -0.05) is 12.1 Å². The lowest BCUT2D eigenvalue weighted by Crippen LogP contribution is -2.15. The Balaban J connectivity index is 3.00. The summed E-state index contributed by atoms with van der Waals surface area (Å²) in [7, 11) is 0. The predicted molar refractivity (Wildman–Crippen MR) is 67.4 cm³/mol. The van der Waals surface area contributed by atoms with Gasteiger partial charge >= 0.3 is 11.9 Å². The summed E-state index contributed by atoms with van der Waals surface area (Å²) in [5.41, 5.74) is 0.732. The number of esters is 2. The molecule has 0 N–H and O–H groups in total. The average Bonchev–Trinajstić information content (AvgIpc) is 2.40. The lowest BCUT2D eigenvalue weighted by Gasteiger charge is -2.09. The van der Waals surface area contributed by atoms with Crippen LogP contribution < -0.4 is 0 Å². The van der Waals surface area contributed by atoms with Crippen LogP contribution in [-0.2, 0) is 14.3 Å². The topological polar surface area (TPSA) is 76.4 Å². The van der Waals surface area contributed by atoms with Gasteiger partial charge in [-0.25, -0.2) is 4.79 Å². The maximum Gasteiger partial charge on any atom is 0.338 e. The summed E-state index contributed by atoms with van der Waals surface area (Å²) in [6, 6.07) is 8.13. The molecule has 0 saturated carbocycles. The minimum atomic E-state index is -1.03. The summed E-state index contributed by atoms with van der Waals surface area (Å²) in [5, 5.41) is 9.04. The van der Waals surface area contributed by atoms with Crippen molar-refractivity contribution in [3.8, 4) is 6.07 Å². The molecule has 19 heavy (non-hydrogen) atoms. The van der Waals surface area contributed by atoms with Crippen molar-refractivity contribution in [2.24, 2.45) is 0 Å². The van der Waals surface area contributed by atoms with Crippen LogP contribution in [0.1, 0.15) is 35.7 Å². The number of hydrogen-bond acceptors (Lipinski definition) is 5. The molecule has 0 heterocycles. The van der Waals surface area contributed by atoms with E-state index in [1.54, 1.807) is 32.0 Å². The van der Waals surface area contributed by atoms with Gasteiger partial charge in [-0.15, -0.1) is 0 Å². The molecule has 1 rings (SSSR count). The van der Waals surface area contributed by atoms with Gasteiger partial charge in [0.1, 0.15) is 0 Å². The Morgan fingerprint density at radius 1 is 1.26 bits per heavy atom. The second kappa shape index (κ2) is 7.17. The largest absolute Gasteiger partial charge is 0.465 e. The molecular formula is C14H15NO4. The fraction of sp³-hybridized carbons (Fsp3) is 0.357. The third kappa shape index (κ3) is 3.81. The maximum absolute atomic E-state index is 11.6. The summed E-state index contributed by atoms with van der Waals surface area (Å²) >= 11 is 0. The highest BCUT2D eigenvalue weighted by Gasteiger charge is 2.22. The van der Waals surface area contributed by atoms with Gasteiger partial charge in [0, 0.05) is 0 Å². The van der Waals surface area contributed by atoms with Crippen LogP contribution in [0.2, 0.25) is 0 Å². The number of nitrogens with zero attached hydrogens (tertiary/aromatic N) is 1. The zero-order valence-corrected chi connectivity index (χ0v) is 10.9. The minimum Gasteiger partial charge on any atom is -0.465 e. The van der Waals surface area contributed by atoms with E-state index in [4.69, 9.17) is 14.7 Å². The van der Waals surface area contributed by atoms with Crippen LogP contribution >= 0.6 is 0 Å². The first-order chi connectivity index (χ1) is 9.13. The first-order valence-corrected chi connectivity index (χ1v) is 5.97. The molecule has 1 aromatic carbocycles. The van der Waals surface area contributed by atoms with E-state index in [-0.39, 0.29) is 13.2 Å². The molecule has 5 nitrogen and oxygen atoms in total. The molecule has 0 amide bonds. The average molecular weight is 261 g/mol. The Kier molecular flexibility index (Phi) is 5.55. The van der Waals surface area contributed by atoms with Gasteiger partial charge in [-0.05, 0) is 31.5 Å². The molecule has 1 unspecified atom stereocenters. The third-order valence-electron chi connectivity index (χ3n) is 2.38. The van der Waals surface area contributed by atoms with E-state index in [9.17, 15) is 9.59 Å². The third-order valence-corrected chi connectivity index (χ3v) is 2.38. The van der Waals surface area contributed by atoms with Crippen molar-refractivity contribution in [1.29, 1.82) is 5.26 Å². The van der Waals surface area contributed by atoms with Gasteiger partial charge in [0.2, 0.25) is 0 Å². The molecule has 0 bridgehead atoms. The van der Waals surface area contributed by atoms with Gasteiger partial charge in [0.15, 0.2) is 5.92 Å². The summed E-state index contributed by atoms with van der Waals surface area (Å²) < 4.78 is 9.69. The molecule has 5 heteroatoms. The Hall–Kier alpha value is -2.35. The summed E-state index contributed by atoms with van der Waals surface area (Å²) in [4.78, 5) is 23.2. The second-order valence-corrected chi connectivity index (χ2v) is 3.66. The van der Waals surface area contributed by atoms with E-state index < -0.39 is 17.9 Å². The first-order valence-electron chi connectivity index (χ1n) is 5.97. The van der Waals surface area contributed by atoms with Crippen LogP contribution in [0.25, 0.3) is 0 Å². The predicted octanol–water partition coefficient (Wildman–Crippen LogP) is 2.03. The summed E-state index contributed by atoms with van der Waals surface area (Å²) in [6.07, 6.45) is 0. The molecular weight excluding hydrogens is 246 g/mol. The number of rotatable bonds is 5. The van der Waals surface area contributed by atoms with Crippen LogP contribution in [0.5, 0.6) is 0 Å². The normalized spacial score (nSPS) is 11.2. The molecule has 100 valence electrons. The number of carbonyl (C=O) groups excluding carboxylic acids is 2. The molecule has 0 aliphatic heterocycles. The van der Waals surface area contributed by atoms with E-state index in [1.807, 2.05) is 6.07 Å². The SMILES string of the molecule is CCOC(=O)c1cccc(C(C#N)C(=O)OCC)c1. The quantitative estimate of drug-likeness (QED) is 0.758. The number of benzene rings is 1. The van der Waals surface area contributed by atoms with E-state index >= 15 is 0 Å². The van der Waals surface area contributed by atoms with Gasteiger partial charge in [-0.2, -0.15) is 5.26 Å². The molecule has 0 aliphatic rings. The lowest BCUT2D eigenvalue weighted by atomic mass is 9.99. The van der Waals surface area contributed by atoms with E-state index in [0.717, 1.165) is 0 Å². The Morgan fingerprint density at radius 2 is 1.95 bits per heavy atom. The molecule has 1 atom stereocenters. The molecule has 1 aromatic rings. The molecule has 0 aliphatic carbocycles. The van der Waals surface area contributed by atoms with E-state index in [0.29, 0.717) is 11.1 Å². The molecule has 0 aromatic heterocycles. The number of carbonyl (C=O) groups is 2. The molecule has 0 radical (unpaired) electrons. The fourth-order valence-corrected chi connectivity index (χ4v) is 1.55. The van der Waals surface area contributed by atoms with Gasteiger partial charge in [-0.3, -0.25) is 4.79 Å². The number of nitriles is 1. The maximum atomic E-state index is 11.6. The highest BCUT2D eigenvalue weighted by molar-refractivity contribution is 5.90. The zero-order valence-electron chi connectivity index (χ0n) is 10.9. The van der Waals surface area contributed by atoms with Crippen LogP contribution in [0, 0.1) is 11.3 Å². The highest BCUT2D eigenvalue weighted by atomic mass is 16.5. The van der Waals surface area contributed by atoms with Crippen molar-refractivity contribution < 1.29 is 19.1 Å². The van der Waals surface area contributed by atoms with E-state index in [1.165, 1.54) is 6.07 Å². The molecule has 0 spiro atoms. The van der Waals surface area contributed by atoms with Crippen molar-refractivity contribution in [3.63, 3.8) is 0 Å². The number of hydrogen-bond donors (Lipinski definition) is 0. The zero-order chi connectivity index (χ0) is 14.3. The van der Waals surface area contributed by atoms with Crippen LogP contribution in [0.15, 0.2) is 24.3 Å². The molecule has 0 saturated heterocycles. The van der Waals surface area contributed by atoms with Gasteiger partial charge in [0.05, 0.1) is 24.8 Å². The Bertz CT molecular complexity index is 504. The van der Waals surface area contributed by atoms with Crippen molar-refractivity contribution in [2.75, 3.05) is 13.2 Å². The van der Waals surface area contributed by atoms with Crippen LogP contribution in [0.4, 0.5) is 0 Å². The van der Waals surface area contributed by atoms with Crippen molar-refractivity contribution in [2.45, 2.75) is 19.8 Å². The molecule has 0 fully saturated rings. The monoisotopic (exact) mass is 261 g/mol. The van der Waals surface area contributed by atoms with Crippen molar-refractivity contribution in [3.05, 3.63) is 35.4 Å². The summed E-state index contributed by atoms with van der Waals surface area (Å²) in [5.74, 6) is -2.13. The van der Waals surface area contributed by atoms with Gasteiger partial charge < -0.3 is 9.47 Å². The van der Waals surface area contributed by atoms with Gasteiger partial charge in [0.25, 0.3) is 0 Å². The summed E-state index contributed by atoms with van der Waals surface area (Å²) in [6.45, 7) is 3.84.